The van der Waals surface area contributed by atoms with Crippen LogP contribution in [0.4, 0.5) is 0 Å². The number of nitrogens with zero attached hydrogens (tertiary/aromatic N) is 1. The molecule has 2 heterocycles. The summed E-state index contributed by atoms with van der Waals surface area (Å²) in [7, 11) is 0. The molecule has 0 amide bonds. The minimum Gasteiger partial charge on any atom is -0.360 e. The smallest absolute Gasteiger partial charge is 0.129 e. The number of benzene rings is 1. The van der Waals surface area contributed by atoms with E-state index in [4.69, 9.17) is 11.6 Å². The number of halogens is 1. The van der Waals surface area contributed by atoms with Crippen molar-refractivity contribution in [3.05, 3.63) is 65.1 Å². The van der Waals surface area contributed by atoms with E-state index in [-0.39, 0.29) is 0 Å². The first-order chi connectivity index (χ1) is 8.33. The van der Waals surface area contributed by atoms with Gasteiger partial charge in [0.05, 0.1) is 11.7 Å². The van der Waals surface area contributed by atoms with Crippen molar-refractivity contribution in [2.75, 3.05) is 0 Å². The van der Waals surface area contributed by atoms with E-state index >= 15 is 0 Å². The number of rotatable bonds is 2. The Labute approximate surface area is 104 Å². The minimum absolute atomic E-state index is 0.534. The molecule has 0 aliphatic carbocycles. The third-order valence-electron chi connectivity index (χ3n) is 2.86. The second-order valence-corrected chi connectivity index (χ2v) is 4.42. The number of aromatic nitrogens is 2. The lowest BCUT2D eigenvalue weighted by atomic mass is 10.1. The van der Waals surface area contributed by atoms with Gasteiger partial charge >= 0.3 is 0 Å². The fourth-order valence-corrected chi connectivity index (χ4v) is 2.17. The van der Waals surface area contributed by atoms with Crippen molar-refractivity contribution in [2.45, 2.75) is 6.42 Å². The van der Waals surface area contributed by atoms with Gasteiger partial charge in [-0.1, -0.05) is 41.9 Å². The molecule has 0 radical (unpaired) electrons. The summed E-state index contributed by atoms with van der Waals surface area (Å²) in [6.07, 6.45) is 4.70. The SMILES string of the molecule is Clc1cc2c(Cc3ccccc3)c[nH]c2cn1. The molecule has 0 aliphatic heterocycles. The van der Waals surface area contributed by atoms with Gasteiger partial charge in [0, 0.05) is 11.6 Å². The third-order valence-corrected chi connectivity index (χ3v) is 3.06. The summed E-state index contributed by atoms with van der Waals surface area (Å²) in [5, 5.41) is 1.68. The highest BCUT2D eigenvalue weighted by molar-refractivity contribution is 6.30. The molecule has 84 valence electrons. The lowest BCUT2D eigenvalue weighted by Gasteiger charge is -2.00. The van der Waals surface area contributed by atoms with E-state index in [9.17, 15) is 0 Å². The monoisotopic (exact) mass is 242 g/mol. The van der Waals surface area contributed by atoms with Crippen molar-refractivity contribution in [3.63, 3.8) is 0 Å². The number of hydrogen-bond acceptors (Lipinski definition) is 1. The van der Waals surface area contributed by atoms with Gasteiger partial charge in [0.15, 0.2) is 0 Å². The Morgan fingerprint density at radius 3 is 2.82 bits per heavy atom. The molecule has 0 saturated carbocycles. The van der Waals surface area contributed by atoms with E-state index in [0.29, 0.717) is 5.15 Å². The highest BCUT2D eigenvalue weighted by Gasteiger charge is 2.05. The predicted octanol–water partition coefficient (Wildman–Crippen LogP) is 3.81. The molecule has 17 heavy (non-hydrogen) atoms. The fourth-order valence-electron chi connectivity index (χ4n) is 2.02. The first kappa shape index (κ1) is 10.4. The van der Waals surface area contributed by atoms with Crippen LogP contribution < -0.4 is 0 Å². The molecule has 0 unspecified atom stereocenters. The zero-order valence-electron chi connectivity index (χ0n) is 9.15. The van der Waals surface area contributed by atoms with E-state index in [0.717, 1.165) is 17.3 Å². The van der Waals surface area contributed by atoms with Crippen LogP contribution in [0.3, 0.4) is 0 Å². The summed E-state index contributed by atoms with van der Waals surface area (Å²) >= 11 is 5.93. The van der Waals surface area contributed by atoms with Gasteiger partial charge in [0.2, 0.25) is 0 Å². The fraction of sp³-hybridized carbons (Fsp3) is 0.0714. The molecular formula is C14H11ClN2. The Bertz CT molecular complexity index is 644. The van der Waals surface area contributed by atoms with Crippen molar-refractivity contribution in [1.29, 1.82) is 0 Å². The van der Waals surface area contributed by atoms with Crippen LogP contribution in [0.15, 0.2) is 48.8 Å². The van der Waals surface area contributed by atoms with Crippen LogP contribution in [-0.4, -0.2) is 9.97 Å². The third kappa shape index (κ3) is 2.04. The van der Waals surface area contributed by atoms with Gasteiger partial charge in [0.1, 0.15) is 5.15 Å². The second-order valence-electron chi connectivity index (χ2n) is 4.03. The molecular weight excluding hydrogens is 232 g/mol. The van der Waals surface area contributed by atoms with Gasteiger partial charge in [-0.2, -0.15) is 0 Å². The highest BCUT2D eigenvalue weighted by atomic mass is 35.5. The molecule has 3 heteroatoms. The number of aromatic amines is 1. The van der Waals surface area contributed by atoms with Crippen molar-refractivity contribution in [3.8, 4) is 0 Å². The predicted molar refractivity (Wildman–Crippen MR) is 70.4 cm³/mol. The van der Waals surface area contributed by atoms with E-state index < -0.39 is 0 Å². The van der Waals surface area contributed by atoms with E-state index in [1.807, 2.05) is 18.3 Å². The minimum atomic E-state index is 0.534. The van der Waals surface area contributed by atoms with Gasteiger partial charge < -0.3 is 4.98 Å². The van der Waals surface area contributed by atoms with Crippen LogP contribution in [0.25, 0.3) is 10.9 Å². The van der Waals surface area contributed by atoms with E-state index in [1.54, 1.807) is 6.20 Å². The topological polar surface area (TPSA) is 28.7 Å². The average Bonchev–Trinajstić information content (AvgIpc) is 2.73. The molecule has 2 nitrogen and oxygen atoms in total. The zero-order chi connectivity index (χ0) is 11.7. The number of H-pyrrole nitrogens is 1. The Balaban J connectivity index is 2.03. The van der Waals surface area contributed by atoms with Crippen molar-refractivity contribution in [1.82, 2.24) is 9.97 Å². The van der Waals surface area contributed by atoms with Gasteiger partial charge in [-0.3, -0.25) is 0 Å². The number of nitrogens with one attached hydrogen (secondary N) is 1. The molecule has 3 rings (SSSR count). The van der Waals surface area contributed by atoms with Crippen molar-refractivity contribution >= 4 is 22.5 Å². The Morgan fingerprint density at radius 1 is 1.18 bits per heavy atom. The number of pyridine rings is 1. The van der Waals surface area contributed by atoms with Crippen molar-refractivity contribution < 1.29 is 0 Å². The number of fused-ring (bicyclic) bond motifs is 1. The summed E-state index contributed by atoms with van der Waals surface area (Å²) in [5.74, 6) is 0. The summed E-state index contributed by atoms with van der Waals surface area (Å²) in [6.45, 7) is 0. The van der Waals surface area contributed by atoms with Gasteiger partial charge in [-0.15, -0.1) is 0 Å². The van der Waals surface area contributed by atoms with Crippen LogP contribution in [0, 0.1) is 0 Å². The Morgan fingerprint density at radius 2 is 2.00 bits per heavy atom. The summed E-state index contributed by atoms with van der Waals surface area (Å²) in [4.78, 5) is 7.28. The van der Waals surface area contributed by atoms with Gasteiger partial charge in [-0.25, -0.2) is 4.98 Å². The maximum Gasteiger partial charge on any atom is 0.129 e. The van der Waals surface area contributed by atoms with Crippen molar-refractivity contribution in [2.24, 2.45) is 0 Å². The van der Waals surface area contributed by atoms with Gasteiger partial charge in [-0.05, 0) is 23.6 Å². The maximum atomic E-state index is 5.93. The lowest BCUT2D eigenvalue weighted by molar-refractivity contribution is 1.21. The first-order valence-corrected chi connectivity index (χ1v) is 5.86. The normalized spacial score (nSPS) is 10.9. The van der Waals surface area contributed by atoms with Crippen LogP contribution in [0.2, 0.25) is 5.15 Å². The lowest BCUT2D eigenvalue weighted by Crippen LogP contribution is -1.85. The summed E-state index contributed by atoms with van der Waals surface area (Å²) in [5.41, 5.74) is 3.57. The molecule has 0 spiro atoms. The molecule has 3 aromatic rings. The van der Waals surface area contributed by atoms with Crippen LogP contribution >= 0.6 is 11.6 Å². The first-order valence-electron chi connectivity index (χ1n) is 5.48. The van der Waals surface area contributed by atoms with Crippen LogP contribution in [0.5, 0.6) is 0 Å². The molecule has 0 atom stereocenters. The Hall–Kier alpha value is -1.80. The number of hydrogen-bond donors (Lipinski definition) is 1. The largest absolute Gasteiger partial charge is 0.360 e. The molecule has 2 aromatic heterocycles. The summed E-state index contributed by atoms with van der Waals surface area (Å²) < 4.78 is 0. The van der Waals surface area contributed by atoms with Crippen LogP contribution in [-0.2, 0) is 6.42 Å². The highest BCUT2D eigenvalue weighted by Crippen LogP contribution is 2.22. The summed E-state index contributed by atoms with van der Waals surface area (Å²) in [6, 6.07) is 12.3. The molecule has 0 aliphatic rings. The maximum absolute atomic E-state index is 5.93. The Kier molecular flexibility index (Phi) is 2.57. The molecule has 0 fully saturated rings. The molecule has 0 bridgehead atoms. The molecule has 1 aromatic carbocycles. The molecule has 0 saturated heterocycles. The van der Waals surface area contributed by atoms with Gasteiger partial charge in [0.25, 0.3) is 0 Å². The standard InChI is InChI=1S/C14H11ClN2/c15-14-7-12-11(8-16-13(12)9-17-14)6-10-4-2-1-3-5-10/h1-5,7-9,16H,6H2. The van der Waals surface area contributed by atoms with E-state index in [2.05, 4.69) is 34.2 Å². The molecule has 1 N–H and O–H groups in total. The quantitative estimate of drug-likeness (QED) is 0.681. The average molecular weight is 243 g/mol. The second kappa shape index (κ2) is 4.22. The zero-order valence-corrected chi connectivity index (χ0v) is 9.91. The van der Waals surface area contributed by atoms with E-state index in [1.165, 1.54) is 11.1 Å². The van der Waals surface area contributed by atoms with Crippen LogP contribution in [0.1, 0.15) is 11.1 Å².